The van der Waals surface area contributed by atoms with Crippen LogP contribution in [0.15, 0.2) is 24.3 Å². The lowest BCUT2D eigenvalue weighted by molar-refractivity contribution is -0.137. The van der Waals surface area contributed by atoms with Crippen molar-refractivity contribution in [2.45, 2.75) is 38.9 Å². The quantitative estimate of drug-likeness (QED) is 0.861. The maximum Gasteiger partial charge on any atom is 0.416 e. The molecule has 0 saturated heterocycles. The molecule has 1 nitrogen and oxygen atoms in total. The molecule has 1 aromatic rings. The molecule has 96 valence electrons. The molecule has 0 bridgehead atoms. The third-order valence-electron chi connectivity index (χ3n) is 2.64. The van der Waals surface area contributed by atoms with Crippen molar-refractivity contribution in [2.75, 3.05) is 0 Å². The van der Waals surface area contributed by atoms with Crippen LogP contribution >= 0.6 is 0 Å². The molecule has 0 spiro atoms. The normalized spacial score (nSPS) is 15.6. The van der Waals surface area contributed by atoms with E-state index in [1.165, 1.54) is 0 Å². The van der Waals surface area contributed by atoms with Crippen molar-refractivity contribution in [1.29, 1.82) is 0 Å². The predicted octanol–water partition coefficient (Wildman–Crippen LogP) is 3.62. The summed E-state index contributed by atoms with van der Waals surface area (Å²) < 4.78 is 37.0. The van der Waals surface area contributed by atoms with E-state index in [4.69, 9.17) is 5.73 Å². The number of rotatable bonds is 4. The second-order valence-corrected chi connectivity index (χ2v) is 4.72. The molecule has 1 aromatic carbocycles. The van der Waals surface area contributed by atoms with Gasteiger partial charge in [-0.1, -0.05) is 19.1 Å². The SMILES string of the molecule is CC(N)CC(C)Cc1ccc(C(F)(F)F)cc1. The summed E-state index contributed by atoms with van der Waals surface area (Å²) in [5.74, 6) is 0.381. The summed E-state index contributed by atoms with van der Waals surface area (Å²) in [4.78, 5) is 0. The summed E-state index contributed by atoms with van der Waals surface area (Å²) in [5.41, 5.74) is 6.01. The topological polar surface area (TPSA) is 26.0 Å². The Bertz CT molecular complexity index is 341. The molecule has 0 aliphatic carbocycles. The molecule has 2 unspecified atom stereocenters. The molecule has 0 saturated carbocycles. The van der Waals surface area contributed by atoms with Crippen LogP contribution in [0.25, 0.3) is 0 Å². The zero-order chi connectivity index (χ0) is 13.1. The molecule has 17 heavy (non-hydrogen) atoms. The largest absolute Gasteiger partial charge is 0.416 e. The van der Waals surface area contributed by atoms with Gasteiger partial charge in [-0.15, -0.1) is 0 Å². The van der Waals surface area contributed by atoms with E-state index in [-0.39, 0.29) is 6.04 Å². The van der Waals surface area contributed by atoms with Crippen molar-refractivity contribution < 1.29 is 13.2 Å². The Labute approximate surface area is 99.8 Å². The van der Waals surface area contributed by atoms with Gasteiger partial charge in [0.05, 0.1) is 5.56 Å². The molecular formula is C13H18F3N. The minimum Gasteiger partial charge on any atom is -0.328 e. The van der Waals surface area contributed by atoms with Gasteiger partial charge in [0, 0.05) is 6.04 Å². The van der Waals surface area contributed by atoms with Gasteiger partial charge in [-0.3, -0.25) is 0 Å². The zero-order valence-corrected chi connectivity index (χ0v) is 10.1. The number of nitrogens with two attached hydrogens (primary N) is 1. The van der Waals surface area contributed by atoms with Crippen LogP contribution in [0.3, 0.4) is 0 Å². The first kappa shape index (κ1) is 14.0. The van der Waals surface area contributed by atoms with E-state index in [1.807, 2.05) is 6.92 Å². The summed E-state index contributed by atoms with van der Waals surface area (Å²) in [7, 11) is 0. The minimum absolute atomic E-state index is 0.124. The highest BCUT2D eigenvalue weighted by Crippen LogP contribution is 2.29. The summed E-state index contributed by atoms with van der Waals surface area (Å²) in [5, 5.41) is 0. The standard InChI is InChI=1S/C13H18F3N/c1-9(7-10(2)17)8-11-3-5-12(6-4-11)13(14,15)16/h3-6,9-10H,7-8,17H2,1-2H3. The van der Waals surface area contributed by atoms with Gasteiger partial charge >= 0.3 is 6.18 Å². The van der Waals surface area contributed by atoms with E-state index in [2.05, 4.69) is 6.92 Å². The third kappa shape index (κ3) is 4.77. The minimum atomic E-state index is -4.25. The van der Waals surface area contributed by atoms with Crippen molar-refractivity contribution in [3.05, 3.63) is 35.4 Å². The molecule has 0 aromatic heterocycles. The van der Waals surface area contributed by atoms with E-state index in [9.17, 15) is 13.2 Å². The van der Waals surface area contributed by atoms with Crippen LogP contribution < -0.4 is 5.73 Å². The first-order valence-electron chi connectivity index (χ1n) is 5.70. The molecule has 1 rings (SSSR count). The van der Waals surface area contributed by atoms with Gasteiger partial charge in [0.1, 0.15) is 0 Å². The molecule has 0 aliphatic rings. The van der Waals surface area contributed by atoms with E-state index in [0.29, 0.717) is 5.92 Å². The Balaban J connectivity index is 2.63. The van der Waals surface area contributed by atoms with E-state index < -0.39 is 11.7 Å². The van der Waals surface area contributed by atoms with E-state index in [0.717, 1.165) is 30.5 Å². The third-order valence-corrected chi connectivity index (χ3v) is 2.64. The average molecular weight is 245 g/mol. The van der Waals surface area contributed by atoms with Gasteiger partial charge in [-0.05, 0) is 43.4 Å². The summed E-state index contributed by atoms with van der Waals surface area (Å²) in [6.07, 6.45) is -2.61. The Morgan fingerprint density at radius 3 is 2.06 bits per heavy atom. The highest BCUT2D eigenvalue weighted by Gasteiger charge is 2.29. The van der Waals surface area contributed by atoms with Gasteiger partial charge in [-0.25, -0.2) is 0 Å². The highest BCUT2D eigenvalue weighted by atomic mass is 19.4. The number of benzene rings is 1. The van der Waals surface area contributed by atoms with Crippen molar-refractivity contribution >= 4 is 0 Å². The molecule has 0 heterocycles. The Kier molecular flexibility index (Phi) is 4.57. The van der Waals surface area contributed by atoms with Crippen molar-refractivity contribution in [3.63, 3.8) is 0 Å². The van der Waals surface area contributed by atoms with Crippen molar-refractivity contribution in [2.24, 2.45) is 11.7 Å². The Hall–Kier alpha value is -1.03. The molecule has 0 aliphatic heterocycles. The van der Waals surface area contributed by atoms with E-state index in [1.54, 1.807) is 12.1 Å². The number of halogens is 3. The lowest BCUT2D eigenvalue weighted by Crippen LogP contribution is -2.19. The van der Waals surface area contributed by atoms with Gasteiger partial charge in [0.15, 0.2) is 0 Å². The van der Waals surface area contributed by atoms with Gasteiger partial charge in [-0.2, -0.15) is 13.2 Å². The van der Waals surface area contributed by atoms with Crippen LogP contribution in [0, 0.1) is 5.92 Å². The van der Waals surface area contributed by atoms with E-state index >= 15 is 0 Å². The average Bonchev–Trinajstić information content (AvgIpc) is 2.15. The molecule has 2 atom stereocenters. The lowest BCUT2D eigenvalue weighted by atomic mass is 9.95. The maximum atomic E-state index is 12.3. The second-order valence-electron chi connectivity index (χ2n) is 4.72. The monoisotopic (exact) mass is 245 g/mol. The predicted molar refractivity (Wildman–Crippen MR) is 62.6 cm³/mol. The fourth-order valence-electron chi connectivity index (χ4n) is 1.95. The van der Waals surface area contributed by atoms with Crippen molar-refractivity contribution in [1.82, 2.24) is 0 Å². The first-order valence-corrected chi connectivity index (χ1v) is 5.70. The molecule has 0 radical (unpaired) electrons. The van der Waals surface area contributed by atoms with Gasteiger partial charge < -0.3 is 5.73 Å². The number of alkyl halides is 3. The summed E-state index contributed by atoms with van der Waals surface area (Å²) >= 11 is 0. The first-order chi connectivity index (χ1) is 7.79. The lowest BCUT2D eigenvalue weighted by Gasteiger charge is -2.14. The Morgan fingerprint density at radius 2 is 1.65 bits per heavy atom. The molecule has 4 heteroatoms. The smallest absolute Gasteiger partial charge is 0.328 e. The van der Waals surface area contributed by atoms with Crippen LogP contribution in [-0.4, -0.2) is 6.04 Å². The molecule has 0 amide bonds. The molecule has 2 N–H and O–H groups in total. The van der Waals surface area contributed by atoms with Crippen LogP contribution in [0.5, 0.6) is 0 Å². The van der Waals surface area contributed by atoms with Gasteiger partial charge in [0.25, 0.3) is 0 Å². The van der Waals surface area contributed by atoms with Crippen LogP contribution in [0.2, 0.25) is 0 Å². The highest BCUT2D eigenvalue weighted by molar-refractivity contribution is 5.24. The maximum absolute atomic E-state index is 12.3. The zero-order valence-electron chi connectivity index (χ0n) is 10.1. The second kappa shape index (κ2) is 5.54. The number of hydrogen-bond donors (Lipinski definition) is 1. The fraction of sp³-hybridized carbons (Fsp3) is 0.538. The van der Waals surface area contributed by atoms with Gasteiger partial charge in [0.2, 0.25) is 0 Å². The number of hydrogen-bond acceptors (Lipinski definition) is 1. The molecule has 0 fully saturated rings. The Morgan fingerprint density at radius 1 is 1.12 bits per heavy atom. The van der Waals surface area contributed by atoms with Crippen LogP contribution in [0.4, 0.5) is 13.2 Å². The van der Waals surface area contributed by atoms with Crippen LogP contribution in [0.1, 0.15) is 31.4 Å². The van der Waals surface area contributed by atoms with Crippen LogP contribution in [-0.2, 0) is 12.6 Å². The fourth-order valence-corrected chi connectivity index (χ4v) is 1.95. The summed E-state index contributed by atoms with van der Waals surface area (Å²) in [6.45, 7) is 3.99. The molecular weight excluding hydrogens is 227 g/mol. The van der Waals surface area contributed by atoms with Crippen molar-refractivity contribution in [3.8, 4) is 0 Å². The summed E-state index contributed by atoms with van der Waals surface area (Å²) in [6, 6.07) is 5.47.